The summed E-state index contributed by atoms with van der Waals surface area (Å²) in [5.41, 5.74) is 1.98. The first-order valence-electron chi connectivity index (χ1n) is 9.57. The van der Waals surface area contributed by atoms with Crippen molar-refractivity contribution in [2.75, 3.05) is 13.7 Å². The summed E-state index contributed by atoms with van der Waals surface area (Å²) in [6.45, 7) is 2.79. The van der Waals surface area contributed by atoms with Crippen LogP contribution in [0.5, 0.6) is 11.5 Å². The summed E-state index contributed by atoms with van der Waals surface area (Å²) in [5, 5.41) is 0.782. The lowest BCUT2D eigenvalue weighted by Gasteiger charge is -2.12. The molecule has 0 aliphatic heterocycles. The zero-order chi connectivity index (χ0) is 18.8. The molecule has 0 amide bonds. The number of hydrogen-bond acceptors (Lipinski definition) is 5. The number of aryl methyl sites for hydroxylation is 2. The molecule has 6 heteroatoms. The Balaban J connectivity index is 1.72. The van der Waals surface area contributed by atoms with Crippen molar-refractivity contribution in [3.8, 4) is 22.9 Å². The van der Waals surface area contributed by atoms with Crippen molar-refractivity contribution in [2.45, 2.75) is 45.4 Å². The van der Waals surface area contributed by atoms with Crippen LogP contribution in [0.1, 0.15) is 43.0 Å². The van der Waals surface area contributed by atoms with E-state index in [1.54, 1.807) is 18.4 Å². The van der Waals surface area contributed by atoms with Crippen LogP contribution in [0.25, 0.3) is 21.6 Å². The normalized spacial score (nSPS) is 13.6. The van der Waals surface area contributed by atoms with Crippen molar-refractivity contribution in [3.05, 3.63) is 39.0 Å². The summed E-state index contributed by atoms with van der Waals surface area (Å²) in [6, 6.07) is 5.67. The third kappa shape index (κ3) is 3.46. The Hall–Kier alpha value is -2.34. The second-order valence-electron chi connectivity index (χ2n) is 6.87. The fraction of sp³-hybridized carbons (Fsp3) is 0.429. The molecule has 0 unspecified atom stereocenters. The van der Waals surface area contributed by atoms with E-state index in [0.717, 1.165) is 47.9 Å². The number of aromatic nitrogens is 2. The van der Waals surface area contributed by atoms with Crippen LogP contribution in [-0.4, -0.2) is 23.7 Å². The minimum atomic E-state index is -0.0448. The molecule has 2 heterocycles. The molecule has 0 bridgehead atoms. The fourth-order valence-corrected chi connectivity index (χ4v) is 4.82. The van der Waals surface area contributed by atoms with E-state index in [4.69, 9.17) is 14.5 Å². The maximum atomic E-state index is 12.8. The zero-order valence-corrected chi connectivity index (χ0v) is 16.6. The van der Waals surface area contributed by atoms with Crippen molar-refractivity contribution >= 4 is 21.6 Å². The molecular weight excluding hydrogens is 360 g/mol. The molecule has 0 atom stereocenters. The van der Waals surface area contributed by atoms with Crippen LogP contribution < -0.4 is 15.0 Å². The predicted octanol–water partition coefficient (Wildman–Crippen LogP) is 4.72. The largest absolute Gasteiger partial charge is 0.493 e. The molecule has 4 rings (SSSR count). The van der Waals surface area contributed by atoms with E-state index >= 15 is 0 Å². The molecule has 142 valence electrons. The van der Waals surface area contributed by atoms with E-state index in [0.29, 0.717) is 23.9 Å². The van der Waals surface area contributed by atoms with Gasteiger partial charge in [0.1, 0.15) is 10.7 Å². The Morgan fingerprint density at radius 1 is 1.22 bits per heavy atom. The molecule has 0 radical (unpaired) electrons. The molecule has 1 N–H and O–H groups in total. The van der Waals surface area contributed by atoms with Gasteiger partial charge in [-0.1, -0.05) is 13.3 Å². The van der Waals surface area contributed by atoms with Crippen LogP contribution in [0.4, 0.5) is 0 Å². The third-order valence-electron chi connectivity index (χ3n) is 5.02. The minimum absolute atomic E-state index is 0.0448. The topological polar surface area (TPSA) is 64.2 Å². The van der Waals surface area contributed by atoms with Crippen molar-refractivity contribution in [3.63, 3.8) is 0 Å². The lowest BCUT2D eigenvalue weighted by molar-refractivity contribution is 0.288. The second kappa shape index (κ2) is 7.72. The van der Waals surface area contributed by atoms with Gasteiger partial charge in [-0.3, -0.25) is 4.79 Å². The number of nitrogens with zero attached hydrogens (tertiary/aromatic N) is 1. The SMILES string of the molecule is CCCCOc1ccc(-c2nc3sc4c(c3c(=O)[nH]2)CCCC4)cc1OC. The average molecular weight is 385 g/mol. The Labute approximate surface area is 162 Å². The number of benzene rings is 1. The van der Waals surface area contributed by atoms with E-state index < -0.39 is 0 Å². The number of unbranched alkanes of at least 4 members (excludes halogenated alkanes) is 1. The maximum absolute atomic E-state index is 12.8. The first-order chi connectivity index (χ1) is 13.2. The molecule has 5 nitrogen and oxygen atoms in total. The highest BCUT2D eigenvalue weighted by Gasteiger charge is 2.20. The van der Waals surface area contributed by atoms with E-state index in [1.807, 2.05) is 18.2 Å². The molecule has 2 aromatic heterocycles. The van der Waals surface area contributed by atoms with Gasteiger partial charge in [-0.15, -0.1) is 11.3 Å². The van der Waals surface area contributed by atoms with Gasteiger partial charge in [0.15, 0.2) is 11.5 Å². The van der Waals surface area contributed by atoms with E-state index in [1.165, 1.54) is 16.9 Å². The van der Waals surface area contributed by atoms with Crippen LogP contribution in [0.2, 0.25) is 0 Å². The molecule has 0 saturated heterocycles. The van der Waals surface area contributed by atoms with Gasteiger partial charge in [-0.2, -0.15) is 0 Å². The number of fused-ring (bicyclic) bond motifs is 3. The van der Waals surface area contributed by atoms with Crippen LogP contribution in [-0.2, 0) is 12.8 Å². The Morgan fingerprint density at radius 3 is 2.89 bits per heavy atom. The molecule has 1 aliphatic rings. The summed E-state index contributed by atoms with van der Waals surface area (Å²) in [7, 11) is 1.62. The molecule has 0 saturated carbocycles. The van der Waals surface area contributed by atoms with Gasteiger partial charge in [-0.05, 0) is 55.9 Å². The predicted molar refractivity (Wildman–Crippen MR) is 109 cm³/mol. The second-order valence-corrected chi connectivity index (χ2v) is 7.96. The molecule has 0 fully saturated rings. The number of hydrogen-bond donors (Lipinski definition) is 1. The lowest BCUT2D eigenvalue weighted by Crippen LogP contribution is -2.11. The van der Waals surface area contributed by atoms with Crippen molar-refractivity contribution in [1.29, 1.82) is 0 Å². The number of H-pyrrole nitrogens is 1. The fourth-order valence-electron chi connectivity index (χ4n) is 3.56. The number of rotatable bonds is 6. The van der Waals surface area contributed by atoms with Gasteiger partial charge in [0.05, 0.1) is 19.1 Å². The standard InChI is InChI=1S/C21H24N2O3S/c1-3-4-11-26-15-10-9-13(12-16(15)25-2)19-22-20(24)18-14-7-5-6-8-17(14)27-21(18)23-19/h9-10,12H,3-8,11H2,1-2H3,(H,22,23,24). The monoisotopic (exact) mass is 384 g/mol. The van der Waals surface area contributed by atoms with Crippen LogP contribution in [0.3, 0.4) is 0 Å². The van der Waals surface area contributed by atoms with Crippen molar-refractivity contribution in [1.82, 2.24) is 9.97 Å². The summed E-state index contributed by atoms with van der Waals surface area (Å²) < 4.78 is 11.3. The third-order valence-corrected chi connectivity index (χ3v) is 6.20. The molecule has 27 heavy (non-hydrogen) atoms. The van der Waals surface area contributed by atoms with Gasteiger partial charge < -0.3 is 14.5 Å². The lowest BCUT2D eigenvalue weighted by atomic mass is 9.97. The molecule has 3 aromatic rings. The van der Waals surface area contributed by atoms with Gasteiger partial charge >= 0.3 is 0 Å². The van der Waals surface area contributed by atoms with E-state index in [9.17, 15) is 4.79 Å². The summed E-state index contributed by atoms with van der Waals surface area (Å²) in [5.74, 6) is 1.94. The number of aromatic amines is 1. The van der Waals surface area contributed by atoms with Gasteiger partial charge in [0.2, 0.25) is 0 Å². The highest BCUT2D eigenvalue weighted by atomic mass is 32.1. The first kappa shape index (κ1) is 18.0. The van der Waals surface area contributed by atoms with Gasteiger partial charge in [0, 0.05) is 10.4 Å². The molecule has 0 spiro atoms. The number of methoxy groups -OCH3 is 1. The maximum Gasteiger partial charge on any atom is 0.260 e. The van der Waals surface area contributed by atoms with E-state index in [2.05, 4.69) is 11.9 Å². The summed E-state index contributed by atoms with van der Waals surface area (Å²) in [6.07, 6.45) is 6.47. The highest BCUT2D eigenvalue weighted by Crippen LogP contribution is 2.35. The summed E-state index contributed by atoms with van der Waals surface area (Å²) in [4.78, 5) is 22.6. The number of nitrogens with one attached hydrogen (secondary N) is 1. The zero-order valence-electron chi connectivity index (χ0n) is 15.8. The van der Waals surface area contributed by atoms with Crippen molar-refractivity contribution in [2.24, 2.45) is 0 Å². The Morgan fingerprint density at radius 2 is 2.07 bits per heavy atom. The van der Waals surface area contributed by atoms with Crippen LogP contribution >= 0.6 is 11.3 Å². The molecular formula is C21H24N2O3S. The number of ether oxygens (including phenoxy) is 2. The van der Waals surface area contributed by atoms with E-state index in [-0.39, 0.29) is 5.56 Å². The minimum Gasteiger partial charge on any atom is -0.493 e. The van der Waals surface area contributed by atoms with Crippen molar-refractivity contribution < 1.29 is 9.47 Å². The number of thiophene rings is 1. The van der Waals surface area contributed by atoms with Gasteiger partial charge in [-0.25, -0.2) is 4.98 Å². The smallest absolute Gasteiger partial charge is 0.260 e. The average Bonchev–Trinajstić information content (AvgIpc) is 3.07. The summed E-state index contributed by atoms with van der Waals surface area (Å²) >= 11 is 1.66. The quantitative estimate of drug-likeness (QED) is 0.625. The first-order valence-corrected chi connectivity index (χ1v) is 10.4. The molecule has 1 aromatic carbocycles. The van der Waals surface area contributed by atoms with Crippen LogP contribution in [0, 0.1) is 0 Å². The molecule has 1 aliphatic carbocycles. The Bertz CT molecular complexity index is 1020. The Kier molecular flexibility index (Phi) is 5.16. The highest BCUT2D eigenvalue weighted by molar-refractivity contribution is 7.18. The van der Waals surface area contributed by atoms with Crippen LogP contribution in [0.15, 0.2) is 23.0 Å². The van der Waals surface area contributed by atoms with Gasteiger partial charge in [0.25, 0.3) is 5.56 Å².